The van der Waals surface area contributed by atoms with Crippen LogP contribution in [0.15, 0.2) is 30.9 Å². The van der Waals surface area contributed by atoms with Gasteiger partial charge in [0.2, 0.25) is 0 Å². The third-order valence-corrected chi connectivity index (χ3v) is 2.16. The lowest BCUT2D eigenvalue weighted by atomic mass is 10.1. The zero-order valence-corrected chi connectivity index (χ0v) is 9.16. The van der Waals surface area contributed by atoms with Gasteiger partial charge in [0.25, 0.3) is 0 Å². The highest BCUT2D eigenvalue weighted by atomic mass is 16.5. The molecule has 1 aromatic carbocycles. The molecule has 0 radical (unpaired) electrons. The summed E-state index contributed by atoms with van der Waals surface area (Å²) in [6.07, 6.45) is 4.34. The van der Waals surface area contributed by atoms with Crippen LogP contribution in [0, 0.1) is 0 Å². The Hall–Kier alpha value is -1.70. The molecule has 0 bridgehead atoms. The van der Waals surface area contributed by atoms with Crippen LogP contribution in [-0.2, 0) is 0 Å². The van der Waals surface area contributed by atoms with Gasteiger partial charge >= 0.3 is 0 Å². The minimum absolute atomic E-state index is 0.175. The quantitative estimate of drug-likeness (QED) is 0.812. The van der Waals surface area contributed by atoms with E-state index in [2.05, 4.69) is 6.58 Å². The van der Waals surface area contributed by atoms with Gasteiger partial charge in [-0.15, -0.1) is 0 Å². The highest BCUT2D eigenvalue weighted by molar-refractivity contribution is 5.50. The molecule has 0 saturated carbocycles. The van der Waals surface area contributed by atoms with Crippen LogP contribution in [0.1, 0.15) is 13.3 Å². The molecular weight excluding hydrogens is 188 g/mol. The molecule has 1 aromatic rings. The smallest absolute Gasteiger partial charge is 0.126 e. The Morgan fingerprint density at radius 2 is 2.27 bits per heavy atom. The summed E-state index contributed by atoms with van der Waals surface area (Å²) in [5.74, 6) is 0.941. The molecule has 80 valence electrons. The van der Waals surface area contributed by atoms with Crippen molar-refractivity contribution in [2.45, 2.75) is 13.3 Å². The molecule has 2 heteroatoms. The molecule has 0 unspecified atom stereocenters. The fourth-order valence-corrected chi connectivity index (χ4v) is 1.47. The summed E-state index contributed by atoms with van der Waals surface area (Å²) < 4.78 is 5.24. The highest BCUT2D eigenvalue weighted by Gasteiger charge is 1.97. The normalized spacial score (nSPS) is 13.6. The Bertz CT molecular complexity index is 458. The Kier molecular flexibility index (Phi) is 3.98. The zero-order valence-electron chi connectivity index (χ0n) is 9.16. The number of hydrogen-bond acceptors (Lipinski definition) is 2. The number of rotatable bonds is 3. The Morgan fingerprint density at radius 3 is 2.80 bits per heavy atom. The van der Waals surface area contributed by atoms with Crippen molar-refractivity contribution in [3.63, 3.8) is 0 Å². The monoisotopic (exact) mass is 204 g/mol. The molecule has 15 heavy (non-hydrogen) atoms. The Balaban J connectivity index is 3.68. The van der Waals surface area contributed by atoms with Gasteiger partial charge in [-0.1, -0.05) is 31.7 Å². The van der Waals surface area contributed by atoms with Crippen LogP contribution in [0.2, 0.25) is 0 Å². The second-order valence-electron chi connectivity index (χ2n) is 3.12. The lowest BCUT2D eigenvalue weighted by molar-refractivity contribution is 0.410. The van der Waals surface area contributed by atoms with Crippen LogP contribution < -0.4 is 15.2 Å². The number of benzene rings is 1. The van der Waals surface area contributed by atoms with Gasteiger partial charge in [0.15, 0.2) is 0 Å². The fraction of sp³-hybridized carbons (Fsp3) is 0.231. The van der Waals surface area contributed by atoms with Crippen molar-refractivity contribution < 1.29 is 9.84 Å². The molecular formula is C13H16O2. The largest absolute Gasteiger partial charge is 0.507 e. The second kappa shape index (κ2) is 5.25. The molecule has 0 aliphatic carbocycles. The molecule has 0 spiro atoms. The lowest BCUT2D eigenvalue weighted by Crippen LogP contribution is -2.28. The lowest BCUT2D eigenvalue weighted by Gasteiger charge is -2.02. The highest BCUT2D eigenvalue weighted by Crippen LogP contribution is 1.99. The van der Waals surface area contributed by atoms with E-state index in [1.807, 2.05) is 31.2 Å². The van der Waals surface area contributed by atoms with Crippen LogP contribution in [-0.4, -0.2) is 12.2 Å². The van der Waals surface area contributed by atoms with Crippen LogP contribution in [0.5, 0.6) is 5.75 Å². The second-order valence-corrected chi connectivity index (χ2v) is 3.12. The van der Waals surface area contributed by atoms with Gasteiger partial charge in [-0.25, -0.2) is 0 Å². The van der Waals surface area contributed by atoms with E-state index in [9.17, 15) is 5.11 Å². The van der Waals surface area contributed by atoms with E-state index in [1.165, 1.54) is 6.08 Å². The molecule has 2 nitrogen and oxygen atoms in total. The average molecular weight is 204 g/mol. The minimum atomic E-state index is 0.175. The first-order chi connectivity index (χ1) is 7.24. The zero-order chi connectivity index (χ0) is 11.3. The van der Waals surface area contributed by atoms with E-state index in [0.717, 1.165) is 22.6 Å². The van der Waals surface area contributed by atoms with Gasteiger partial charge in [-0.2, -0.15) is 0 Å². The maximum atomic E-state index is 9.68. The summed E-state index contributed by atoms with van der Waals surface area (Å²) in [5.41, 5.74) is 0. The number of ether oxygens (including phenoxy) is 1. The van der Waals surface area contributed by atoms with Crippen molar-refractivity contribution in [2.24, 2.45) is 0 Å². The molecule has 0 aromatic heterocycles. The van der Waals surface area contributed by atoms with Gasteiger partial charge in [0, 0.05) is 10.4 Å². The van der Waals surface area contributed by atoms with E-state index >= 15 is 0 Å². The SMILES string of the molecule is C=C/C(O)=c1/cccc(OC)/c1=C/CC. The molecule has 0 aliphatic heterocycles. The van der Waals surface area contributed by atoms with Crippen molar-refractivity contribution in [1.29, 1.82) is 0 Å². The summed E-state index contributed by atoms with van der Waals surface area (Å²) in [5, 5.41) is 11.4. The van der Waals surface area contributed by atoms with E-state index in [-0.39, 0.29) is 5.76 Å². The molecule has 0 fully saturated rings. The molecule has 0 aliphatic rings. The van der Waals surface area contributed by atoms with Gasteiger partial charge in [-0.3, -0.25) is 0 Å². The number of methoxy groups -OCH3 is 1. The van der Waals surface area contributed by atoms with Crippen molar-refractivity contribution in [2.75, 3.05) is 7.11 Å². The van der Waals surface area contributed by atoms with Crippen molar-refractivity contribution in [1.82, 2.24) is 0 Å². The average Bonchev–Trinajstić information content (AvgIpc) is 2.28. The summed E-state index contributed by atoms with van der Waals surface area (Å²) in [6, 6.07) is 5.57. The van der Waals surface area contributed by atoms with E-state index in [4.69, 9.17) is 4.74 Å². The molecule has 1 N–H and O–H groups in total. The molecule has 0 atom stereocenters. The van der Waals surface area contributed by atoms with Gasteiger partial charge in [-0.05, 0) is 18.6 Å². The first-order valence-electron chi connectivity index (χ1n) is 4.93. The minimum Gasteiger partial charge on any atom is -0.507 e. The van der Waals surface area contributed by atoms with Crippen LogP contribution in [0.25, 0.3) is 11.8 Å². The van der Waals surface area contributed by atoms with Crippen LogP contribution in [0.4, 0.5) is 0 Å². The first-order valence-corrected chi connectivity index (χ1v) is 4.93. The van der Waals surface area contributed by atoms with Crippen LogP contribution >= 0.6 is 0 Å². The molecule has 0 saturated heterocycles. The molecule has 1 rings (SSSR count). The van der Waals surface area contributed by atoms with Crippen molar-refractivity contribution in [3.8, 4) is 5.75 Å². The maximum absolute atomic E-state index is 9.68. The number of aliphatic hydroxyl groups excluding tert-OH is 1. The molecule has 0 heterocycles. The summed E-state index contributed by atoms with van der Waals surface area (Å²) in [4.78, 5) is 0. The molecule has 0 amide bonds. The van der Waals surface area contributed by atoms with Gasteiger partial charge < -0.3 is 9.84 Å². The van der Waals surface area contributed by atoms with Crippen molar-refractivity contribution >= 4 is 11.8 Å². The van der Waals surface area contributed by atoms with Gasteiger partial charge in [0.1, 0.15) is 11.5 Å². The summed E-state index contributed by atoms with van der Waals surface area (Å²) >= 11 is 0. The Labute approximate surface area is 89.8 Å². The van der Waals surface area contributed by atoms with E-state index < -0.39 is 0 Å². The van der Waals surface area contributed by atoms with E-state index in [0.29, 0.717) is 0 Å². The maximum Gasteiger partial charge on any atom is 0.126 e. The van der Waals surface area contributed by atoms with Crippen molar-refractivity contribution in [3.05, 3.63) is 41.3 Å². The summed E-state index contributed by atoms with van der Waals surface area (Å²) in [7, 11) is 1.62. The predicted octanol–water partition coefficient (Wildman–Crippen LogP) is 1.74. The number of hydrogen-bond donors (Lipinski definition) is 1. The predicted molar refractivity (Wildman–Crippen MR) is 63.2 cm³/mol. The van der Waals surface area contributed by atoms with E-state index in [1.54, 1.807) is 7.11 Å². The Morgan fingerprint density at radius 1 is 1.53 bits per heavy atom. The third kappa shape index (κ3) is 2.40. The topological polar surface area (TPSA) is 29.5 Å². The third-order valence-electron chi connectivity index (χ3n) is 2.16. The number of aliphatic hydroxyl groups is 1. The first kappa shape index (κ1) is 11.4. The fourth-order valence-electron chi connectivity index (χ4n) is 1.47. The van der Waals surface area contributed by atoms with Crippen LogP contribution in [0.3, 0.4) is 0 Å². The van der Waals surface area contributed by atoms with Gasteiger partial charge in [0.05, 0.1) is 7.11 Å². The standard InChI is InChI=1S/C13H16O2/c1-4-7-11-10(12(14)5-2)8-6-9-13(11)15-3/h5-9,14H,2,4H2,1,3H3/b11-7+,12-10+. The summed E-state index contributed by atoms with van der Waals surface area (Å²) in [6.45, 7) is 5.59.